The van der Waals surface area contributed by atoms with Crippen molar-refractivity contribution in [2.24, 2.45) is 0 Å². The maximum atomic E-state index is 11.4. The van der Waals surface area contributed by atoms with E-state index in [1.54, 1.807) is 18.5 Å². The van der Waals surface area contributed by atoms with Gasteiger partial charge in [-0.2, -0.15) is 5.10 Å². The van der Waals surface area contributed by atoms with E-state index in [9.17, 15) is 5.11 Å². The topological polar surface area (TPSA) is 71.0 Å². The minimum Gasteiger partial charge on any atom is -0.457 e. The number of ether oxygens (including phenoxy) is 1. The number of rotatable bonds is 4. The van der Waals surface area contributed by atoms with Gasteiger partial charge < -0.3 is 9.84 Å². The highest BCUT2D eigenvalue weighted by Gasteiger charge is 2.43. The number of nitrogens with zero attached hydrogens (tertiary/aromatic N) is 2. The lowest BCUT2D eigenvalue weighted by molar-refractivity contribution is -0.0250. The van der Waals surface area contributed by atoms with Gasteiger partial charge in [-0.15, -0.1) is 0 Å². The summed E-state index contributed by atoms with van der Waals surface area (Å²) in [6.45, 7) is 0. The van der Waals surface area contributed by atoms with Crippen molar-refractivity contribution in [1.29, 1.82) is 0 Å². The van der Waals surface area contributed by atoms with Crippen molar-refractivity contribution in [2.75, 3.05) is 0 Å². The second-order valence-electron chi connectivity index (χ2n) is 6.66. The SMILES string of the molecule is OC1(c2ccc(Oc3ccc(Cl)cc3)cc2)CCCCC1c1nc[nH]n1. The predicted molar refractivity (Wildman–Crippen MR) is 99.5 cm³/mol. The zero-order chi connectivity index (χ0) is 18.0. The fraction of sp³-hybridized carbons (Fsp3) is 0.300. The van der Waals surface area contributed by atoms with Crippen molar-refractivity contribution in [1.82, 2.24) is 15.2 Å². The van der Waals surface area contributed by atoms with Crippen molar-refractivity contribution >= 4 is 11.6 Å². The van der Waals surface area contributed by atoms with Gasteiger partial charge >= 0.3 is 0 Å². The highest BCUT2D eigenvalue weighted by atomic mass is 35.5. The van der Waals surface area contributed by atoms with E-state index in [1.165, 1.54) is 0 Å². The maximum Gasteiger partial charge on any atom is 0.156 e. The highest BCUT2D eigenvalue weighted by Crippen LogP contribution is 2.46. The molecule has 1 aliphatic rings. The minimum atomic E-state index is -0.959. The standard InChI is InChI=1S/C20H20ClN3O2/c21-15-6-10-17(11-7-15)26-16-8-4-14(5-9-16)20(25)12-2-1-3-18(20)19-22-13-23-24-19/h4-11,13,18,25H,1-3,12H2,(H,22,23,24). The molecule has 0 amide bonds. The van der Waals surface area contributed by atoms with Crippen molar-refractivity contribution in [3.8, 4) is 11.5 Å². The Hall–Kier alpha value is -2.37. The third kappa shape index (κ3) is 3.32. The third-order valence-electron chi connectivity index (χ3n) is 5.03. The first-order valence-corrected chi connectivity index (χ1v) is 9.15. The minimum absolute atomic E-state index is 0.106. The Kier molecular flexibility index (Phi) is 4.66. The normalized spacial score (nSPS) is 22.9. The molecule has 2 N–H and O–H groups in total. The van der Waals surface area contributed by atoms with E-state index in [0.717, 1.165) is 30.6 Å². The van der Waals surface area contributed by atoms with Crippen LogP contribution in [0.5, 0.6) is 11.5 Å². The molecule has 5 nitrogen and oxygen atoms in total. The first kappa shape index (κ1) is 17.1. The predicted octanol–water partition coefficient (Wildman–Crippen LogP) is 4.80. The summed E-state index contributed by atoms with van der Waals surface area (Å²) in [5, 5.41) is 19.1. The van der Waals surface area contributed by atoms with Crippen LogP contribution in [0.4, 0.5) is 0 Å². The Bertz CT molecular complexity index is 850. The molecule has 2 atom stereocenters. The van der Waals surface area contributed by atoms with E-state index in [4.69, 9.17) is 16.3 Å². The summed E-state index contributed by atoms with van der Waals surface area (Å²) in [6, 6.07) is 14.8. The second kappa shape index (κ2) is 7.09. The first-order valence-electron chi connectivity index (χ1n) is 8.77. The summed E-state index contributed by atoms with van der Waals surface area (Å²) < 4.78 is 5.84. The fourth-order valence-corrected chi connectivity index (χ4v) is 3.81. The van der Waals surface area contributed by atoms with Crippen LogP contribution in [0.25, 0.3) is 0 Å². The molecule has 6 heteroatoms. The molecule has 0 radical (unpaired) electrons. The summed E-state index contributed by atoms with van der Waals surface area (Å²) >= 11 is 5.90. The number of benzene rings is 2. The van der Waals surface area contributed by atoms with Crippen molar-refractivity contribution in [3.63, 3.8) is 0 Å². The van der Waals surface area contributed by atoms with Gasteiger partial charge in [-0.1, -0.05) is 36.6 Å². The molecular formula is C20H20ClN3O2. The molecule has 1 aliphatic carbocycles. The molecule has 26 heavy (non-hydrogen) atoms. The monoisotopic (exact) mass is 369 g/mol. The van der Waals surface area contributed by atoms with E-state index < -0.39 is 5.60 Å². The van der Waals surface area contributed by atoms with Crippen LogP contribution in [0.15, 0.2) is 54.9 Å². The molecule has 0 bridgehead atoms. The zero-order valence-corrected chi connectivity index (χ0v) is 15.0. The average Bonchev–Trinajstić information content (AvgIpc) is 3.19. The third-order valence-corrected chi connectivity index (χ3v) is 5.28. The Balaban J connectivity index is 1.57. The van der Waals surface area contributed by atoms with E-state index >= 15 is 0 Å². The quantitative estimate of drug-likeness (QED) is 0.693. The van der Waals surface area contributed by atoms with Crippen LogP contribution in [-0.2, 0) is 5.60 Å². The average molecular weight is 370 g/mol. The lowest BCUT2D eigenvalue weighted by Gasteiger charge is -2.39. The van der Waals surface area contributed by atoms with Crippen LogP contribution in [0.1, 0.15) is 43.0 Å². The van der Waals surface area contributed by atoms with Crippen LogP contribution in [0.3, 0.4) is 0 Å². The first-order chi connectivity index (χ1) is 12.6. The summed E-state index contributed by atoms with van der Waals surface area (Å²) in [6.07, 6.45) is 5.19. The van der Waals surface area contributed by atoms with Gasteiger partial charge in [0.2, 0.25) is 0 Å². The lowest BCUT2D eigenvalue weighted by Crippen LogP contribution is -2.37. The molecule has 4 rings (SSSR count). The number of H-pyrrole nitrogens is 1. The number of hydrogen-bond donors (Lipinski definition) is 2. The molecule has 0 saturated heterocycles. The van der Waals surface area contributed by atoms with E-state index in [-0.39, 0.29) is 5.92 Å². The molecular weight excluding hydrogens is 350 g/mol. The van der Waals surface area contributed by atoms with Gasteiger partial charge in [-0.3, -0.25) is 5.10 Å². The molecule has 3 aromatic rings. The number of aromatic nitrogens is 3. The molecule has 1 fully saturated rings. The second-order valence-corrected chi connectivity index (χ2v) is 7.10. The number of aromatic amines is 1. The summed E-state index contributed by atoms with van der Waals surface area (Å²) in [5.74, 6) is 2.00. The number of nitrogens with one attached hydrogen (secondary N) is 1. The van der Waals surface area contributed by atoms with E-state index in [2.05, 4.69) is 15.2 Å². The van der Waals surface area contributed by atoms with E-state index in [1.807, 2.05) is 36.4 Å². The van der Waals surface area contributed by atoms with Gasteiger partial charge in [-0.25, -0.2) is 4.98 Å². The maximum absolute atomic E-state index is 11.4. The lowest BCUT2D eigenvalue weighted by atomic mass is 9.71. The number of aliphatic hydroxyl groups is 1. The van der Waals surface area contributed by atoms with Gasteiger partial charge in [-0.05, 0) is 54.8 Å². The Morgan fingerprint density at radius 3 is 2.38 bits per heavy atom. The molecule has 2 unspecified atom stereocenters. The largest absolute Gasteiger partial charge is 0.457 e. The smallest absolute Gasteiger partial charge is 0.156 e. The molecule has 0 spiro atoms. The zero-order valence-electron chi connectivity index (χ0n) is 14.2. The molecule has 1 heterocycles. The van der Waals surface area contributed by atoms with Gasteiger partial charge in [0, 0.05) is 5.02 Å². The van der Waals surface area contributed by atoms with Gasteiger partial charge in [0.1, 0.15) is 17.8 Å². The van der Waals surface area contributed by atoms with Gasteiger partial charge in [0.05, 0.1) is 11.5 Å². The molecule has 134 valence electrons. The van der Waals surface area contributed by atoms with Gasteiger partial charge in [0.15, 0.2) is 5.82 Å². The highest BCUT2D eigenvalue weighted by molar-refractivity contribution is 6.30. The van der Waals surface area contributed by atoms with Crippen LogP contribution >= 0.6 is 11.6 Å². The van der Waals surface area contributed by atoms with Crippen molar-refractivity contribution < 1.29 is 9.84 Å². The van der Waals surface area contributed by atoms with Gasteiger partial charge in [0.25, 0.3) is 0 Å². The van der Waals surface area contributed by atoms with Crippen LogP contribution < -0.4 is 4.74 Å². The molecule has 1 aromatic heterocycles. The van der Waals surface area contributed by atoms with Crippen molar-refractivity contribution in [3.05, 3.63) is 71.3 Å². The Morgan fingerprint density at radius 2 is 1.73 bits per heavy atom. The summed E-state index contributed by atoms with van der Waals surface area (Å²) in [5.41, 5.74) is -0.0883. The van der Waals surface area contributed by atoms with Crippen LogP contribution in [-0.4, -0.2) is 20.3 Å². The van der Waals surface area contributed by atoms with Crippen LogP contribution in [0.2, 0.25) is 5.02 Å². The van der Waals surface area contributed by atoms with Crippen molar-refractivity contribution in [2.45, 2.75) is 37.2 Å². The number of halogens is 1. The van der Waals surface area contributed by atoms with E-state index in [0.29, 0.717) is 23.0 Å². The summed E-state index contributed by atoms with van der Waals surface area (Å²) in [7, 11) is 0. The fourth-order valence-electron chi connectivity index (χ4n) is 3.68. The Morgan fingerprint density at radius 1 is 1.04 bits per heavy atom. The van der Waals surface area contributed by atoms with Crippen LogP contribution in [0, 0.1) is 0 Å². The number of hydrogen-bond acceptors (Lipinski definition) is 4. The molecule has 0 aliphatic heterocycles. The molecule has 2 aromatic carbocycles. The Labute approximate surface area is 157 Å². The molecule has 1 saturated carbocycles. The summed E-state index contributed by atoms with van der Waals surface area (Å²) in [4.78, 5) is 4.28.